The molecule has 22 heavy (non-hydrogen) atoms. The highest BCUT2D eigenvalue weighted by molar-refractivity contribution is 6.31. The van der Waals surface area contributed by atoms with Crippen molar-refractivity contribution < 1.29 is 4.79 Å². The molecule has 2 aromatic rings. The van der Waals surface area contributed by atoms with E-state index < -0.39 is 0 Å². The maximum atomic E-state index is 12.0. The fraction of sp³-hybridized carbons (Fsp3) is 0.250. The van der Waals surface area contributed by atoms with Gasteiger partial charge in [-0.3, -0.25) is 9.48 Å². The molecule has 2 rings (SSSR count). The zero-order chi connectivity index (χ0) is 16.3. The first kappa shape index (κ1) is 16.6. The molecule has 4 nitrogen and oxygen atoms in total. The molecular weight excluding hydrogens is 321 g/mol. The summed E-state index contributed by atoms with van der Waals surface area (Å²) in [5.41, 5.74) is 2.47. The van der Waals surface area contributed by atoms with Gasteiger partial charge in [-0.1, -0.05) is 35.3 Å². The fourth-order valence-electron chi connectivity index (χ4n) is 2.12. The van der Waals surface area contributed by atoms with Crippen molar-refractivity contribution in [3.05, 3.63) is 57.3 Å². The number of hydrogen-bond donors (Lipinski definition) is 1. The van der Waals surface area contributed by atoms with Crippen molar-refractivity contribution >= 4 is 35.2 Å². The quantitative estimate of drug-likeness (QED) is 0.859. The summed E-state index contributed by atoms with van der Waals surface area (Å²) in [5, 5.41) is 8.23. The molecule has 1 unspecified atom stereocenters. The highest BCUT2D eigenvalue weighted by atomic mass is 35.5. The minimum absolute atomic E-state index is 0.138. The van der Waals surface area contributed by atoms with E-state index in [1.165, 1.54) is 6.08 Å². The Morgan fingerprint density at radius 1 is 1.41 bits per heavy atom. The van der Waals surface area contributed by atoms with Gasteiger partial charge in [0.2, 0.25) is 5.91 Å². The maximum absolute atomic E-state index is 12.0. The van der Waals surface area contributed by atoms with Crippen LogP contribution in [0.4, 0.5) is 0 Å². The number of aromatic nitrogens is 2. The predicted octanol–water partition coefficient (Wildman–Crippen LogP) is 3.93. The molecule has 116 valence electrons. The van der Waals surface area contributed by atoms with Crippen molar-refractivity contribution in [2.75, 3.05) is 0 Å². The summed E-state index contributed by atoms with van der Waals surface area (Å²) in [6.45, 7) is 3.75. The normalized spacial score (nSPS) is 12.6. The van der Waals surface area contributed by atoms with Crippen LogP contribution in [0.1, 0.15) is 29.8 Å². The van der Waals surface area contributed by atoms with Crippen molar-refractivity contribution in [3.63, 3.8) is 0 Å². The number of nitrogens with one attached hydrogen (secondary N) is 1. The topological polar surface area (TPSA) is 46.9 Å². The third-order valence-corrected chi connectivity index (χ3v) is 3.99. The van der Waals surface area contributed by atoms with Crippen LogP contribution in [0.25, 0.3) is 6.08 Å². The Kier molecular flexibility index (Phi) is 5.27. The van der Waals surface area contributed by atoms with E-state index in [0.29, 0.717) is 10.2 Å². The number of benzene rings is 1. The lowest BCUT2D eigenvalue weighted by atomic mass is 10.1. The molecule has 0 aliphatic heterocycles. The van der Waals surface area contributed by atoms with Gasteiger partial charge in [0, 0.05) is 23.7 Å². The third-order valence-electron chi connectivity index (χ3n) is 3.30. The monoisotopic (exact) mass is 337 g/mol. The van der Waals surface area contributed by atoms with Crippen LogP contribution in [-0.2, 0) is 11.8 Å². The molecule has 0 aliphatic rings. The van der Waals surface area contributed by atoms with Crippen molar-refractivity contribution in [3.8, 4) is 0 Å². The molecule has 1 atom stereocenters. The van der Waals surface area contributed by atoms with E-state index >= 15 is 0 Å². The van der Waals surface area contributed by atoms with Gasteiger partial charge in [0.15, 0.2) is 0 Å². The second kappa shape index (κ2) is 6.99. The van der Waals surface area contributed by atoms with Gasteiger partial charge in [-0.15, -0.1) is 0 Å². The molecule has 1 amide bonds. The minimum Gasteiger partial charge on any atom is -0.346 e. The summed E-state index contributed by atoms with van der Waals surface area (Å²) >= 11 is 12.1. The van der Waals surface area contributed by atoms with Crippen LogP contribution in [0, 0.1) is 6.92 Å². The van der Waals surface area contributed by atoms with Crippen molar-refractivity contribution in [1.82, 2.24) is 15.1 Å². The molecule has 0 saturated carbocycles. The summed E-state index contributed by atoms with van der Waals surface area (Å²) in [4.78, 5) is 12.0. The standard InChI is InChI=1S/C16H17Cl2N3O/c1-10(12-5-4-6-13(17)9-12)19-15(22)8-7-14-11(2)20-21(3)16(14)18/h4-10H,1-3H3,(H,19,22)/b8-7+. The Bertz CT molecular complexity index is 722. The average Bonchev–Trinajstić information content (AvgIpc) is 2.70. The minimum atomic E-state index is -0.202. The fourth-order valence-corrected chi connectivity index (χ4v) is 2.55. The SMILES string of the molecule is Cc1nn(C)c(Cl)c1/C=C/C(=O)NC(C)c1cccc(Cl)c1. The predicted molar refractivity (Wildman–Crippen MR) is 90.0 cm³/mol. The highest BCUT2D eigenvalue weighted by Gasteiger charge is 2.10. The first-order valence-electron chi connectivity index (χ1n) is 6.81. The van der Waals surface area contributed by atoms with Gasteiger partial charge in [-0.2, -0.15) is 5.10 Å². The molecule has 0 saturated heterocycles. The van der Waals surface area contributed by atoms with Crippen molar-refractivity contribution in [2.45, 2.75) is 19.9 Å². The van der Waals surface area contributed by atoms with E-state index in [1.54, 1.807) is 23.9 Å². The van der Waals surface area contributed by atoms with Crippen molar-refractivity contribution in [2.24, 2.45) is 7.05 Å². The van der Waals surface area contributed by atoms with E-state index in [2.05, 4.69) is 10.4 Å². The number of hydrogen-bond acceptors (Lipinski definition) is 2. The van der Waals surface area contributed by atoms with Crippen LogP contribution in [0.15, 0.2) is 30.3 Å². The molecule has 0 radical (unpaired) electrons. The third kappa shape index (κ3) is 3.90. The number of carbonyl (C=O) groups is 1. The molecule has 1 N–H and O–H groups in total. The molecule has 1 aromatic heterocycles. The lowest BCUT2D eigenvalue weighted by molar-refractivity contribution is -0.117. The lowest BCUT2D eigenvalue weighted by Crippen LogP contribution is -2.24. The molecule has 0 spiro atoms. The van der Waals surface area contributed by atoms with Crippen LogP contribution in [-0.4, -0.2) is 15.7 Å². The van der Waals surface area contributed by atoms with Crippen LogP contribution in [0.3, 0.4) is 0 Å². The summed E-state index contributed by atoms with van der Waals surface area (Å²) in [5.74, 6) is -0.202. The van der Waals surface area contributed by atoms with E-state index in [-0.39, 0.29) is 11.9 Å². The molecule has 6 heteroatoms. The second-order valence-corrected chi connectivity index (χ2v) is 5.83. The Morgan fingerprint density at radius 2 is 2.14 bits per heavy atom. The zero-order valence-electron chi connectivity index (χ0n) is 12.6. The number of halogens is 2. The van der Waals surface area contributed by atoms with Crippen LogP contribution in [0.2, 0.25) is 10.2 Å². The number of amides is 1. The Morgan fingerprint density at radius 3 is 2.73 bits per heavy atom. The van der Waals surface area contributed by atoms with Gasteiger partial charge in [0.1, 0.15) is 5.15 Å². The van der Waals surface area contributed by atoms with E-state index in [9.17, 15) is 4.79 Å². The first-order valence-corrected chi connectivity index (χ1v) is 7.57. The largest absolute Gasteiger partial charge is 0.346 e. The van der Waals surface area contributed by atoms with Gasteiger partial charge in [-0.05, 0) is 37.6 Å². The van der Waals surface area contributed by atoms with E-state index in [4.69, 9.17) is 23.2 Å². The van der Waals surface area contributed by atoms with Crippen molar-refractivity contribution in [1.29, 1.82) is 0 Å². The average molecular weight is 338 g/mol. The number of rotatable bonds is 4. The molecule has 1 aromatic carbocycles. The molecule has 0 fully saturated rings. The summed E-state index contributed by atoms with van der Waals surface area (Å²) in [6.07, 6.45) is 3.13. The van der Waals surface area contributed by atoms with Crippen LogP contribution in [0.5, 0.6) is 0 Å². The maximum Gasteiger partial charge on any atom is 0.244 e. The molecule has 0 bridgehead atoms. The smallest absolute Gasteiger partial charge is 0.244 e. The van der Waals surface area contributed by atoms with Gasteiger partial charge >= 0.3 is 0 Å². The Balaban J connectivity index is 2.05. The number of carbonyl (C=O) groups excluding carboxylic acids is 1. The molecule has 1 heterocycles. The van der Waals surface area contributed by atoms with Gasteiger partial charge in [-0.25, -0.2) is 0 Å². The Labute approximate surface area is 139 Å². The van der Waals surface area contributed by atoms with E-state index in [1.807, 2.05) is 32.0 Å². The van der Waals surface area contributed by atoms with E-state index in [0.717, 1.165) is 16.8 Å². The van der Waals surface area contributed by atoms with Gasteiger partial charge < -0.3 is 5.32 Å². The molecular formula is C16H17Cl2N3O. The van der Waals surface area contributed by atoms with Crippen LogP contribution >= 0.6 is 23.2 Å². The summed E-state index contributed by atoms with van der Waals surface area (Å²) in [7, 11) is 1.76. The first-order chi connectivity index (χ1) is 10.4. The number of nitrogens with zero attached hydrogens (tertiary/aromatic N) is 2. The summed E-state index contributed by atoms with van der Waals surface area (Å²) in [6, 6.07) is 7.27. The Hall–Kier alpha value is -1.78. The van der Waals surface area contributed by atoms with Gasteiger partial charge in [0.25, 0.3) is 0 Å². The summed E-state index contributed by atoms with van der Waals surface area (Å²) < 4.78 is 1.57. The highest BCUT2D eigenvalue weighted by Crippen LogP contribution is 2.20. The number of aryl methyl sites for hydroxylation is 2. The van der Waals surface area contributed by atoms with Crippen LogP contribution < -0.4 is 5.32 Å². The van der Waals surface area contributed by atoms with Gasteiger partial charge in [0.05, 0.1) is 11.7 Å². The molecule has 0 aliphatic carbocycles. The zero-order valence-corrected chi connectivity index (χ0v) is 14.1. The lowest BCUT2D eigenvalue weighted by Gasteiger charge is -2.13. The second-order valence-electron chi connectivity index (χ2n) is 5.03.